The lowest BCUT2D eigenvalue weighted by Gasteiger charge is -2.35. The maximum atomic E-state index is 13.1. The fraction of sp³-hybridized carbons (Fsp3) is 0.857. The van der Waals surface area contributed by atoms with Crippen LogP contribution in [0, 0.1) is 0 Å². The van der Waals surface area contributed by atoms with Crippen LogP contribution in [0.1, 0.15) is 62.9 Å². The average molecular weight is 476 g/mol. The van der Waals surface area contributed by atoms with E-state index in [9.17, 15) is 4.39 Å². The first-order valence-electron chi connectivity index (χ1n) is 11.0. The predicted molar refractivity (Wildman–Crippen MR) is 114 cm³/mol. The van der Waals surface area contributed by atoms with Gasteiger partial charge in [-0.15, -0.1) is 0 Å². The molecule has 6 nitrogen and oxygen atoms in total. The molecule has 3 heterocycles. The molecular weight excluding hydrogens is 441 g/mol. The number of likely N-dealkylation sites (tertiary alicyclic amines) is 1. The molecular formula is C21H35BrFN3O3. The van der Waals surface area contributed by atoms with Gasteiger partial charge in [-0.2, -0.15) is 5.10 Å². The highest BCUT2D eigenvalue weighted by Crippen LogP contribution is 2.31. The van der Waals surface area contributed by atoms with E-state index in [1.165, 1.54) is 12.1 Å². The largest absolute Gasteiger partial charge is 0.372 e. The van der Waals surface area contributed by atoms with Crippen LogP contribution in [-0.4, -0.2) is 66.6 Å². The number of alkyl halides is 1. The Hall–Kier alpha value is -0.540. The highest BCUT2D eigenvalue weighted by Gasteiger charge is 2.28. The number of ether oxygens (including phenoxy) is 3. The summed E-state index contributed by atoms with van der Waals surface area (Å²) >= 11 is 3.72. The van der Waals surface area contributed by atoms with Crippen LogP contribution < -0.4 is 0 Å². The second-order valence-electron chi connectivity index (χ2n) is 8.00. The fourth-order valence-corrected chi connectivity index (χ4v) is 4.79. The first-order valence-corrected chi connectivity index (χ1v) is 11.8. The topological polar surface area (TPSA) is 48.8 Å². The van der Waals surface area contributed by atoms with E-state index in [2.05, 4.69) is 27.8 Å². The molecule has 2 aliphatic heterocycles. The van der Waals surface area contributed by atoms with E-state index in [0.717, 1.165) is 61.8 Å². The van der Waals surface area contributed by atoms with Gasteiger partial charge in [0.05, 0.1) is 10.2 Å². The quantitative estimate of drug-likeness (QED) is 0.424. The van der Waals surface area contributed by atoms with Crippen LogP contribution in [0.25, 0.3) is 0 Å². The fourth-order valence-electron chi connectivity index (χ4n) is 3.92. The second kappa shape index (κ2) is 11.7. The number of rotatable bonds is 12. The zero-order chi connectivity index (χ0) is 20.6. The van der Waals surface area contributed by atoms with Gasteiger partial charge < -0.3 is 14.2 Å². The van der Waals surface area contributed by atoms with Crippen molar-refractivity contribution < 1.29 is 18.6 Å². The van der Waals surface area contributed by atoms with Crippen LogP contribution in [0.5, 0.6) is 0 Å². The molecule has 0 aromatic carbocycles. The summed E-state index contributed by atoms with van der Waals surface area (Å²) in [5.74, 6) is 0. The van der Waals surface area contributed by atoms with Gasteiger partial charge >= 0.3 is 0 Å². The Morgan fingerprint density at radius 1 is 1.28 bits per heavy atom. The van der Waals surface area contributed by atoms with Crippen LogP contribution in [-0.2, 0) is 27.7 Å². The summed E-state index contributed by atoms with van der Waals surface area (Å²) < 4.78 is 33.7. The molecule has 3 rings (SSSR count). The summed E-state index contributed by atoms with van der Waals surface area (Å²) in [7, 11) is 1.97. The van der Waals surface area contributed by atoms with E-state index in [1.807, 2.05) is 11.7 Å². The maximum Gasteiger partial charge on any atom is 0.157 e. The Balaban J connectivity index is 1.44. The van der Waals surface area contributed by atoms with Gasteiger partial charge in [0, 0.05) is 46.5 Å². The van der Waals surface area contributed by atoms with Crippen molar-refractivity contribution >= 4 is 15.9 Å². The second-order valence-corrected chi connectivity index (χ2v) is 8.80. The van der Waals surface area contributed by atoms with Crippen molar-refractivity contribution in [1.29, 1.82) is 0 Å². The Morgan fingerprint density at radius 2 is 2.07 bits per heavy atom. The van der Waals surface area contributed by atoms with E-state index >= 15 is 0 Å². The van der Waals surface area contributed by atoms with Crippen molar-refractivity contribution in [3.63, 3.8) is 0 Å². The van der Waals surface area contributed by atoms with E-state index < -0.39 is 6.17 Å². The van der Waals surface area contributed by atoms with Crippen LogP contribution in [0.4, 0.5) is 4.39 Å². The smallest absolute Gasteiger partial charge is 0.157 e. The minimum absolute atomic E-state index is 0.0230. The van der Waals surface area contributed by atoms with E-state index in [0.29, 0.717) is 26.3 Å². The Morgan fingerprint density at radius 3 is 2.72 bits per heavy atom. The number of unbranched alkanes of at least 4 members (excludes halogenated alkanes) is 1. The first-order chi connectivity index (χ1) is 14.1. The number of aromatic nitrogens is 2. The van der Waals surface area contributed by atoms with Crippen molar-refractivity contribution in [2.24, 2.45) is 7.05 Å². The molecule has 29 heavy (non-hydrogen) atoms. The van der Waals surface area contributed by atoms with Crippen molar-refractivity contribution in [1.82, 2.24) is 14.7 Å². The monoisotopic (exact) mass is 475 g/mol. The predicted octanol–water partition coefficient (Wildman–Crippen LogP) is 4.17. The molecule has 2 unspecified atom stereocenters. The molecule has 166 valence electrons. The third-order valence-electron chi connectivity index (χ3n) is 5.69. The maximum absolute atomic E-state index is 13.1. The van der Waals surface area contributed by atoms with Crippen molar-refractivity contribution in [2.45, 2.75) is 70.4 Å². The number of hydrogen-bond acceptors (Lipinski definition) is 5. The number of hydrogen-bond donors (Lipinski definition) is 0. The van der Waals surface area contributed by atoms with Gasteiger partial charge in [-0.05, 0) is 60.9 Å². The molecule has 0 spiro atoms. The highest BCUT2D eigenvalue weighted by atomic mass is 79.9. The molecule has 2 saturated heterocycles. The third-order valence-corrected chi connectivity index (χ3v) is 6.55. The van der Waals surface area contributed by atoms with Crippen LogP contribution in [0.3, 0.4) is 0 Å². The summed E-state index contributed by atoms with van der Waals surface area (Å²) in [4.78, 5) is 2.14. The molecule has 8 heteroatoms. The summed E-state index contributed by atoms with van der Waals surface area (Å²) in [6.07, 6.45) is 6.16. The molecule has 2 aliphatic rings. The summed E-state index contributed by atoms with van der Waals surface area (Å²) in [5, 5.41) is 4.71. The van der Waals surface area contributed by atoms with Crippen molar-refractivity contribution in [3.05, 3.63) is 15.9 Å². The lowest BCUT2D eigenvalue weighted by molar-refractivity contribution is -0.163. The molecule has 2 fully saturated rings. The van der Waals surface area contributed by atoms with E-state index in [1.54, 1.807) is 0 Å². The highest BCUT2D eigenvalue weighted by molar-refractivity contribution is 9.10. The molecule has 1 aromatic rings. The van der Waals surface area contributed by atoms with Crippen LogP contribution in [0.15, 0.2) is 4.47 Å². The first kappa shape index (κ1) is 23.1. The molecule has 0 amide bonds. The minimum Gasteiger partial charge on any atom is -0.372 e. The van der Waals surface area contributed by atoms with Crippen molar-refractivity contribution in [3.8, 4) is 0 Å². The average Bonchev–Trinajstić information content (AvgIpc) is 2.99. The summed E-state index contributed by atoms with van der Waals surface area (Å²) in [6, 6.07) is 0. The van der Waals surface area contributed by atoms with Gasteiger partial charge in [-0.25, -0.2) is 4.39 Å². The summed E-state index contributed by atoms with van der Waals surface area (Å²) in [5.41, 5.74) is 2.12. The molecule has 1 aromatic heterocycles. The third kappa shape index (κ3) is 6.72. The Kier molecular flexibility index (Phi) is 9.37. The van der Waals surface area contributed by atoms with Crippen molar-refractivity contribution in [2.75, 3.05) is 39.5 Å². The lowest BCUT2D eigenvalue weighted by atomic mass is 10.1. The molecule has 0 N–H and O–H groups in total. The number of aryl methyl sites for hydroxylation is 1. The standard InChI is InChI=1S/C21H35BrFN3O3/c1-3-17-20(22)21(24-25(17)2)18(9-10-26-14-16(23)15-26)27-11-6-7-13-29-19-8-4-5-12-28-19/h16,18-19H,3-15H2,1-2H3. The van der Waals surface area contributed by atoms with Gasteiger partial charge in [0.1, 0.15) is 18.0 Å². The zero-order valence-electron chi connectivity index (χ0n) is 17.7. The van der Waals surface area contributed by atoms with E-state index in [-0.39, 0.29) is 12.4 Å². The number of nitrogens with zero attached hydrogens (tertiary/aromatic N) is 3. The Labute approximate surface area is 182 Å². The van der Waals surface area contributed by atoms with Crippen LogP contribution >= 0.6 is 15.9 Å². The molecule has 2 atom stereocenters. The zero-order valence-corrected chi connectivity index (χ0v) is 19.3. The lowest BCUT2D eigenvalue weighted by Crippen LogP contribution is -2.48. The molecule has 0 saturated carbocycles. The Bertz CT molecular complexity index is 619. The summed E-state index contributed by atoms with van der Waals surface area (Å²) in [6.45, 7) is 6.21. The van der Waals surface area contributed by atoms with Gasteiger partial charge in [0.25, 0.3) is 0 Å². The van der Waals surface area contributed by atoms with Crippen LogP contribution in [0.2, 0.25) is 0 Å². The van der Waals surface area contributed by atoms with Gasteiger partial charge in [0.2, 0.25) is 0 Å². The normalized spacial score (nSPS) is 22.0. The molecule has 0 radical (unpaired) electrons. The van der Waals surface area contributed by atoms with E-state index in [4.69, 9.17) is 19.3 Å². The minimum atomic E-state index is -0.671. The molecule has 0 bridgehead atoms. The molecule has 0 aliphatic carbocycles. The van der Waals surface area contributed by atoms with Gasteiger partial charge in [-0.1, -0.05) is 6.92 Å². The number of halogens is 2. The SMILES string of the molecule is CCc1c(Br)c(C(CCN2CC(F)C2)OCCCCOC2CCCCO2)nn1C. The van der Waals surface area contributed by atoms with Gasteiger partial charge in [0.15, 0.2) is 6.29 Å². The van der Waals surface area contributed by atoms with Gasteiger partial charge in [-0.3, -0.25) is 9.58 Å².